The number of thiophene rings is 1. The van der Waals surface area contributed by atoms with Gasteiger partial charge < -0.3 is 4.90 Å². The van der Waals surface area contributed by atoms with Crippen LogP contribution in [0.15, 0.2) is 64.9 Å². The SMILES string of the molecule is Cc1cccc(NS(=O)(=O)c2cccc(C(=O)N(C)Cc3sccc3C)c2)c1. The lowest BCUT2D eigenvalue weighted by Gasteiger charge is -2.17. The molecule has 0 fully saturated rings. The molecule has 0 saturated carbocycles. The van der Waals surface area contributed by atoms with Crippen LogP contribution >= 0.6 is 11.3 Å². The summed E-state index contributed by atoms with van der Waals surface area (Å²) in [6.07, 6.45) is 0. The van der Waals surface area contributed by atoms with E-state index in [-0.39, 0.29) is 10.8 Å². The van der Waals surface area contributed by atoms with Crippen molar-refractivity contribution in [2.45, 2.75) is 25.3 Å². The highest BCUT2D eigenvalue weighted by Crippen LogP contribution is 2.21. The number of aryl methyl sites for hydroxylation is 2. The number of carbonyl (C=O) groups is 1. The number of hydrogen-bond acceptors (Lipinski definition) is 4. The minimum Gasteiger partial charge on any atom is -0.337 e. The van der Waals surface area contributed by atoms with Gasteiger partial charge in [-0.3, -0.25) is 9.52 Å². The molecule has 146 valence electrons. The number of nitrogens with one attached hydrogen (secondary N) is 1. The molecule has 1 amide bonds. The highest BCUT2D eigenvalue weighted by molar-refractivity contribution is 7.92. The van der Waals surface area contributed by atoms with Crippen LogP contribution in [0.3, 0.4) is 0 Å². The summed E-state index contributed by atoms with van der Waals surface area (Å²) in [5.74, 6) is -0.222. The molecular weight excluding hydrogens is 392 g/mol. The number of amides is 1. The van der Waals surface area contributed by atoms with Crippen LogP contribution in [0.2, 0.25) is 0 Å². The molecule has 5 nitrogen and oxygen atoms in total. The highest BCUT2D eigenvalue weighted by atomic mass is 32.2. The molecule has 28 heavy (non-hydrogen) atoms. The molecule has 0 aliphatic heterocycles. The Hall–Kier alpha value is -2.64. The fourth-order valence-corrected chi connectivity index (χ4v) is 4.85. The number of rotatable bonds is 6. The van der Waals surface area contributed by atoms with E-state index >= 15 is 0 Å². The van der Waals surface area contributed by atoms with Gasteiger partial charge in [-0.25, -0.2) is 8.42 Å². The van der Waals surface area contributed by atoms with Gasteiger partial charge in [0.05, 0.1) is 11.4 Å². The van der Waals surface area contributed by atoms with Gasteiger partial charge in [0.25, 0.3) is 15.9 Å². The molecule has 3 rings (SSSR count). The number of carbonyl (C=O) groups excluding carboxylic acids is 1. The second kappa shape index (κ2) is 8.16. The predicted octanol–water partition coefficient (Wildman–Crippen LogP) is 4.44. The van der Waals surface area contributed by atoms with Crippen molar-refractivity contribution in [3.05, 3.63) is 81.5 Å². The summed E-state index contributed by atoms with van der Waals surface area (Å²) < 4.78 is 28.0. The van der Waals surface area contributed by atoms with Crippen LogP contribution in [0.4, 0.5) is 5.69 Å². The summed E-state index contributed by atoms with van der Waals surface area (Å²) in [4.78, 5) is 15.5. The summed E-state index contributed by atoms with van der Waals surface area (Å²) >= 11 is 1.60. The quantitative estimate of drug-likeness (QED) is 0.648. The molecule has 0 aliphatic carbocycles. The minimum atomic E-state index is -3.79. The number of hydrogen-bond donors (Lipinski definition) is 1. The molecule has 0 saturated heterocycles. The number of benzene rings is 2. The van der Waals surface area contributed by atoms with Crippen LogP contribution in [0.1, 0.15) is 26.4 Å². The van der Waals surface area contributed by atoms with E-state index in [4.69, 9.17) is 0 Å². The van der Waals surface area contributed by atoms with Crippen molar-refractivity contribution in [1.82, 2.24) is 4.90 Å². The molecule has 0 bridgehead atoms. The van der Waals surface area contributed by atoms with Crippen LogP contribution in [0, 0.1) is 13.8 Å². The molecular formula is C21H22N2O3S2. The Labute approximate surface area is 169 Å². The maximum Gasteiger partial charge on any atom is 0.261 e. The molecule has 0 unspecified atom stereocenters. The van der Waals surface area contributed by atoms with Crippen LogP contribution in [-0.4, -0.2) is 26.3 Å². The van der Waals surface area contributed by atoms with Crippen molar-refractivity contribution in [2.24, 2.45) is 0 Å². The fraction of sp³-hybridized carbons (Fsp3) is 0.190. The Morgan fingerprint density at radius 2 is 1.82 bits per heavy atom. The molecule has 7 heteroatoms. The second-order valence-electron chi connectivity index (χ2n) is 6.69. The van der Waals surface area contributed by atoms with E-state index in [1.807, 2.05) is 31.4 Å². The van der Waals surface area contributed by atoms with Gasteiger partial charge in [-0.15, -0.1) is 11.3 Å². The molecule has 0 spiro atoms. The zero-order valence-corrected chi connectivity index (χ0v) is 17.6. The van der Waals surface area contributed by atoms with Crippen LogP contribution in [0.25, 0.3) is 0 Å². The third-order valence-corrected chi connectivity index (χ3v) is 6.74. The van der Waals surface area contributed by atoms with Gasteiger partial charge in [-0.05, 0) is 66.8 Å². The first-order chi connectivity index (χ1) is 13.3. The smallest absolute Gasteiger partial charge is 0.261 e. The standard InChI is InChI=1S/C21H22N2O3S2/c1-15-6-4-8-18(12-15)22-28(25,26)19-9-5-7-17(13-19)21(24)23(3)14-20-16(2)10-11-27-20/h4-13,22H,14H2,1-3H3. The summed E-state index contributed by atoms with van der Waals surface area (Å²) in [5, 5.41) is 1.99. The van der Waals surface area contributed by atoms with Crippen molar-refractivity contribution < 1.29 is 13.2 Å². The molecule has 1 aromatic heterocycles. The number of nitrogens with zero attached hydrogens (tertiary/aromatic N) is 1. The Morgan fingerprint density at radius 3 is 2.50 bits per heavy atom. The molecule has 0 radical (unpaired) electrons. The number of anilines is 1. The average Bonchev–Trinajstić information content (AvgIpc) is 3.05. The van der Waals surface area contributed by atoms with Crippen LogP contribution in [0.5, 0.6) is 0 Å². The monoisotopic (exact) mass is 414 g/mol. The van der Waals surface area contributed by atoms with E-state index in [1.165, 1.54) is 12.1 Å². The van der Waals surface area contributed by atoms with Crippen molar-refractivity contribution >= 4 is 33.0 Å². The first-order valence-corrected chi connectivity index (χ1v) is 11.1. The van der Waals surface area contributed by atoms with Gasteiger partial charge in [0.1, 0.15) is 0 Å². The molecule has 2 aromatic carbocycles. The van der Waals surface area contributed by atoms with E-state index in [9.17, 15) is 13.2 Å². The van der Waals surface area contributed by atoms with Crippen molar-refractivity contribution in [1.29, 1.82) is 0 Å². The normalized spacial score (nSPS) is 11.2. The van der Waals surface area contributed by atoms with Gasteiger partial charge in [-0.1, -0.05) is 18.2 Å². The Kier molecular flexibility index (Phi) is 5.86. The summed E-state index contributed by atoms with van der Waals surface area (Å²) in [6, 6.07) is 15.3. The van der Waals surface area contributed by atoms with Crippen LogP contribution < -0.4 is 4.72 Å². The van der Waals surface area contributed by atoms with Crippen LogP contribution in [-0.2, 0) is 16.6 Å². The first kappa shape index (κ1) is 20.1. The summed E-state index contributed by atoms with van der Waals surface area (Å²) in [5.41, 5.74) is 2.92. The van der Waals surface area contributed by atoms with E-state index in [0.717, 1.165) is 16.0 Å². The third-order valence-electron chi connectivity index (χ3n) is 4.36. The van der Waals surface area contributed by atoms with Gasteiger partial charge in [0, 0.05) is 23.2 Å². The van der Waals surface area contributed by atoms with Crippen molar-refractivity contribution in [3.63, 3.8) is 0 Å². The lowest BCUT2D eigenvalue weighted by Crippen LogP contribution is -2.26. The number of sulfonamides is 1. The largest absolute Gasteiger partial charge is 0.337 e. The van der Waals surface area contributed by atoms with E-state index in [2.05, 4.69) is 4.72 Å². The van der Waals surface area contributed by atoms with E-state index in [0.29, 0.717) is 17.8 Å². The molecule has 1 N–H and O–H groups in total. The van der Waals surface area contributed by atoms with Gasteiger partial charge in [0.2, 0.25) is 0 Å². The average molecular weight is 415 g/mol. The fourth-order valence-electron chi connectivity index (χ4n) is 2.79. The lowest BCUT2D eigenvalue weighted by molar-refractivity contribution is 0.0786. The second-order valence-corrected chi connectivity index (χ2v) is 9.37. The molecule has 0 aliphatic rings. The zero-order valence-electron chi connectivity index (χ0n) is 16.0. The molecule has 3 aromatic rings. The molecule has 0 atom stereocenters. The Morgan fingerprint density at radius 1 is 1.07 bits per heavy atom. The molecule has 1 heterocycles. The van der Waals surface area contributed by atoms with Gasteiger partial charge in [-0.2, -0.15) is 0 Å². The van der Waals surface area contributed by atoms with Crippen molar-refractivity contribution in [3.8, 4) is 0 Å². The zero-order chi connectivity index (χ0) is 20.3. The predicted molar refractivity (Wildman–Crippen MR) is 113 cm³/mol. The minimum absolute atomic E-state index is 0.0561. The van der Waals surface area contributed by atoms with E-state index in [1.54, 1.807) is 53.6 Å². The lowest BCUT2D eigenvalue weighted by atomic mass is 10.2. The first-order valence-electron chi connectivity index (χ1n) is 8.74. The topological polar surface area (TPSA) is 66.5 Å². The maximum absolute atomic E-state index is 12.8. The third kappa shape index (κ3) is 4.61. The Bertz CT molecular complexity index is 1100. The summed E-state index contributed by atoms with van der Waals surface area (Å²) in [7, 11) is -2.07. The van der Waals surface area contributed by atoms with Gasteiger partial charge >= 0.3 is 0 Å². The summed E-state index contributed by atoms with van der Waals surface area (Å²) in [6.45, 7) is 4.39. The van der Waals surface area contributed by atoms with E-state index < -0.39 is 10.0 Å². The van der Waals surface area contributed by atoms with Gasteiger partial charge in [0.15, 0.2) is 0 Å². The highest BCUT2D eigenvalue weighted by Gasteiger charge is 2.19. The van der Waals surface area contributed by atoms with Crippen molar-refractivity contribution in [2.75, 3.05) is 11.8 Å². The Balaban J connectivity index is 1.81. The maximum atomic E-state index is 12.8.